The van der Waals surface area contributed by atoms with E-state index in [9.17, 15) is 4.79 Å². The fourth-order valence-corrected chi connectivity index (χ4v) is 2.53. The Hall–Kier alpha value is -2.48. The lowest BCUT2D eigenvalue weighted by atomic mass is 10.1. The number of nitrogens with one attached hydrogen (secondary N) is 2. The highest BCUT2D eigenvalue weighted by atomic mass is 16.5. The van der Waals surface area contributed by atoms with Crippen molar-refractivity contribution in [3.8, 4) is 11.5 Å². The Morgan fingerprint density at radius 1 is 1.42 bits per heavy atom. The summed E-state index contributed by atoms with van der Waals surface area (Å²) >= 11 is 0. The molecule has 1 aliphatic rings. The van der Waals surface area contributed by atoms with Gasteiger partial charge in [-0.2, -0.15) is 4.98 Å². The summed E-state index contributed by atoms with van der Waals surface area (Å²) in [6.07, 6.45) is 5.09. The van der Waals surface area contributed by atoms with Gasteiger partial charge in [0.15, 0.2) is 5.82 Å². The number of pyridine rings is 1. The van der Waals surface area contributed by atoms with Crippen molar-refractivity contribution < 1.29 is 14.1 Å². The van der Waals surface area contributed by atoms with Crippen LogP contribution in [-0.2, 0) is 16.0 Å². The van der Waals surface area contributed by atoms with Crippen LogP contribution in [0.5, 0.6) is 0 Å². The minimum atomic E-state index is -0.241. The molecule has 8 nitrogen and oxygen atoms in total. The van der Waals surface area contributed by atoms with Crippen LogP contribution in [-0.4, -0.2) is 47.3 Å². The number of anilines is 1. The zero-order valence-corrected chi connectivity index (χ0v) is 13.6. The highest BCUT2D eigenvalue weighted by Crippen LogP contribution is 2.19. The molecule has 2 aromatic heterocycles. The lowest BCUT2D eigenvalue weighted by molar-refractivity contribution is -0.121. The Morgan fingerprint density at radius 2 is 2.33 bits per heavy atom. The first-order valence-electron chi connectivity index (χ1n) is 8.08. The van der Waals surface area contributed by atoms with Crippen molar-refractivity contribution >= 4 is 11.7 Å². The molecule has 0 unspecified atom stereocenters. The van der Waals surface area contributed by atoms with Gasteiger partial charge in [0.05, 0.1) is 12.2 Å². The number of carbonyl (C=O) groups excluding carboxylic acids is 1. The van der Waals surface area contributed by atoms with E-state index in [0.717, 1.165) is 31.4 Å². The first-order chi connectivity index (χ1) is 11.8. The predicted octanol–water partition coefficient (Wildman–Crippen LogP) is 1.40. The highest BCUT2D eigenvalue weighted by Gasteiger charge is 2.20. The van der Waals surface area contributed by atoms with E-state index < -0.39 is 0 Å². The van der Waals surface area contributed by atoms with E-state index in [2.05, 4.69) is 25.8 Å². The molecule has 1 amide bonds. The Labute approximate surface area is 140 Å². The average Bonchev–Trinajstić information content (AvgIpc) is 2.99. The molecule has 1 saturated heterocycles. The lowest BCUT2D eigenvalue weighted by Crippen LogP contribution is -2.38. The number of carbonyl (C=O) groups is 1. The molecular weight excluding hydrogens is 310 g/mol. The quantitative estimate of drug-likeness (QED) is 0.825. The van der Waals surface area contributed by atoms with Crippen molar-refractivity contribution in [3.05, 3.63) is 24.2 Å². The van der Waals surface area contributed by atoms with E-state index in [1.54, 1.807) is 13.3 Å². The van der Waals surface area contributed by atoms with Gasteiger partial charge in [0.25, 0.3) is 5.89 Å². The van der Waals surface area contributed by atoms with E-state index in [-0.39, 0.29) is 11.9 Å². The van der Waals surface area contributed by atoms with Gasteiger partial charge in [-0.05, 0) is 31.4 Å². The van der Waals surface area contributed by atoms with Crippen LogP contribution >= 0.6 is 0 Å². The molecule has 0 saturated carbocycles. The number of amides is 1. The molecule has 128 valence electrons. The van der Waals surface area contributed by atoms with Gasteiger partial charge in [-0.25, -0.2) is 4.98 Å². The zero-order valence-electron chi connectivity index (χ0n) is 13.6. The van der Waals surface area contributed by atoms with Gasteiger partial charge < -0.3 is 19.9 Å². The minimum Gasteiger partial charge on any atom is -0.384 e. The lowest BCUT2D eigenvalue weighted by Gasteiger charge is -2.15. The smallest absolute Gasteiger partial charge is 0.259 e. The Balaban J connectivity index is 1.64. The molecule has 0 aliphatic carbocycles. The highest BCUT2D eigenvalue weighted by molar-refractivity contribution is 5.84. The first kappa shape index (κ1) is 16.4. The Morgan fingerprint density at radius 3 is 3.12 bits per heavy atom. The second-order valence-corrected chi connectivity index (χ2v) is 5.67. The van der Waals surface area contributed by atoms with Gasteiger partial charge in [0, 0.05) is 26.3 Å². The second kappa shape index (κ2) is 7.87. The summed E-state index contributed by atoms with van der Waals surface area (Å²) in [4.78, 5) is 20.6. The van der Waals surface area contributed by atoms with E-state index in [0.29, 0.717) is 30.6 Å². The largest absolute Gasteiger partial charge is 0.384 e. The van der Waals surface area contributed by atoms with Crippen LogP contribution in [0.3, 0.4) is 0 Å². The molecular formula is C16H21N5O3. The van der Waals surface area contributed by atoms with Gasteiger partial charge in [0.1, 0.15) is 11.9 Å². The monoisotopic (exact) mass is 331 g/mol. The summed E-state index contributed by atoms with van der Waals surface area (Å²) in [7, 11) is 1.63. The molecule has 0 aromatic carbocycles. The molecule has 0 radical (unpaired) electrons. The molecule has 1 aliphatic heterocycles. The summed E-state index contributed by atoms with van der Waals surface area (Å²) < 4.78 is 10.2. The molecule has 2 aromatic rings. The molecule has 3 rings (SSSR count). The van der Waals surface area contributed by atoms with Gasteiger partial charge in [-0.3, -0.25) is 4.79 Å². The number of hydrogen-bond donors (Lipinski definition) is 2. The van der Waals surface area contributed by atoms with Crippen molar-refractivity contribution in [2.24, 2.45) is 0 Å². The Bertz CT molecular complexity index is 671. The van der Waals surface area contributed by atoms with Crippen LogP contribution in [0.1, 0.15) is 25.1 Å². The maximum atomic E-state index is 12.0. The van der Waals surface area contributed by atoms with Crippen LogP contribution in [0.25, 0.3) is 11.5 Å². The van der Waals surface area contributed by atoms with Crippen molar-refractivity contribution in [2.75, 3.05) is 25.6 Å². The molecule has 8 heteroatoms. The number of hydrogen-bond acceptors (Lipinski definition) is 7. The molecule has 24 heavy (non-hydrogen) atoms. The van der Waals surface area contributed by atoms with Crippen molar-refractivity contribution in [1.29, 1.82) is 0 Å². The van der Waals surface area contributed by atoms with Crippen LogP contribution < -0.4 is 10.6 Å². The molecule has 1 fully saturated rings. The molecule has 0 spiro atoms. The number of methoxy groups -OCH3 is 1. The van der Waals surface area contributed by atoms with Gasteiger partial charge in [-0.15, -0.1) is 0 Å². The standard InChI is InChI=1S/C16H21N5O3/c1-23-9-7-14-20-16(24-21-14)11-5-6-13(18-10-11)19-12-4-2-3-8-17-15(12)22/h5-6,10,12H,2-4,7-9H2,1H3,(H,17,22)(H,18,19)/t12-/m0/s1. The SMILES string of the molecule is COCCc1noc(-c2ccc(N[C@H]3CCCCNC3=O)nc2)n1. The maximum Gasteiger partial charge on any atom is 0.259 e. The number of ether oxygens (including phenoxy) is 1. The second-order valence-electron chi connectivity index (χ2n) is 5.67. The van der Waals surface area contributed by atoms with Crippen LogP contribution in [0.15, 0.2) is 22.9 Å². The topological polar surface area (TPSA) is 102 Å². The molecule has 0 bridgehead atoms. The van der Waals surface area contributed by atoms with Crippen molar-refractivity contribution in [2.45, 2.75) is 31.7 Å². The first-order valence-corrected chi connectivity index (χ1v) is 8.08. The summed E-state index contributed by atoms with van der Waals surface area (Å²) in [5.74, 6) is 1.70. The average molecular weight is 331 g/mol. The molecule has 1 atom stereocenters. The normalized spacial score (nSPS) is 18.0. The number of aromatic nitrogens is 3. The third-order valence-electron chi connectivity index (χ3n) is 3.87. The van der Waals surface area contributed by atoms with E-state index in [4.69, 9.17) is 9.26 Å². The Kier molecular flexibility index (Phi) is 5.37. The number of nitrogens with zero attached hydrogens (tertiary/aromatic N) is 3. The van der Waals surface area contributed by atoms with E-state index >= 15 is 0 Å². The van der Waals surface area contributed by atoms with Crippen LogP contribution in [0.4, 0.5) is 5.82 Å². The maximum absolute atomic E-state index is 12.0. The summed E-state index contributed by atoms with van der Waals surface area (Å²) in [6, 6.07) is 3.42. The summed E-state index contributed by atoms with van der Waals surface area (Å²) in [5, 5.41) is 9.98. The van der Waals surface area contributed by atoms with E-state index in [1.165, 1.54) is 0 Å². The number of rotatable bonds is 6. The third kappa shape index (κ3) is 4.08. The fraction of sp³-hybridized carbons (Fsp3) is 0.500. The molecule has 2 N–H and O–H groups in total. The van der Waals surface area contributed by atoms with Crippen molar-refractivity contribution in [3.63, 3.8) is 0 Å². The zero-order chi connectivity index (χ0) is 16.8. The summed E-state index contributed by atoms with van der Waals surface area (Å²) in [5.41, 5.74) is 0.738. The van der Waals surface area contributed by atoms with E-state index in [1.807, 2.05) is 12.1 Å². The van der Waals surface area contributed by atoms with Crippen molar-refractivity contribution in [1.82, 2.24) is 20.4 Å². The van der Waals surface area contributed by atoms with Gasteiger partial charge >= 0.3 is 0 Å². The fourth-order valence-electron chi connectivity index (χ4n) is 2.53. The van der Waals surface area contributed by atoms with Crippen LogP contribution in [0.2, 0.25) is 0 Å². The molecule has 3 heterocycles. The third-order valence-corrected chi connectivity index (χ3v) is 3.87. The minimum absolute atomic E-state index is 0.0260. The van der Waals surface area contributed by atoms with Gasteiger partial charge in [-0.1, -0.05) is 5.16 Å². The predicted molar refractivity (Wildman–Crippen MR) is 87.4 cm³/mol. The van der Waals surface area contributed by atoms with Crippen LogP contribution in [0, 0.1) is 0 Å². The van der Waals surface area contributed by atoms with Gasteiger partial charge in [0.2, 0.25) is 5.91 Å². The summed E-state index contributed by atoms with van der Waals surface area (Å²) in [6.45, 7) is 1.29.